The summed E-state index contributed by atoms with van der Waals surface area (Å²) in [5.74, 6) is 0.177. The summed E-state index contributed by atoms with van der Waals surface area (Å²) < 4.78 is 0. The van der Waals surface area contributed by atoms with E-state index in [9.17, 15) is 9.90 Å². The van der Waals surface area contributed by atoms with Gasteiger partial charge < -0.3 is 10.0 Å². The summed E-state index contributed by atoms with van der Waals surface area (Å²) in [7, 11) is 0. The Morgan fingerprint density at radius 3 is 1.90 bits per heavy atom. The smallest absolute Gasteiger partial charge is 0.223 e. The quantitative estimate of drug-likeness (QED) is 0.935. The second-order valence-electron chi connectivity index (χ2n) is 5.53. The van der Waals surface area contributed by atoms with Gasteiger partial charge in [-0.1, -0.05) is 60.7 Å². The molecule has 0 atom stereocenters. The summed E-state index contributed by atoms with van der Waals surface area (Å²) >= 11 is 0. The number of aliphatic hydroxyl groups is 1. The van der Waals surface area contributed by atoms with Crippen molar-refractivity contribution in [3.05, 3.63) is 71.8 Å². The van der Waals surface area contributed by atoms with Gasteiger partial charge in [-0.2, -0.15) is 0 Å². The predicted molar refractivity (Wildman–Crippen MR) is 81.9 cm³/mol. The van der Waals surface area contributed by atoms with Crippen LogP contribution in [-0.2, 0) is 4.79 Å². The molecule has 1 heterocycles. The van der Waals surface area contributed by atoms with Crippen LogP contribution in [-0.4, -0.2) is 35.1 Å². The maximum atomic E-state index is 12.3. The highest BCUT2D eigenvalue weighted by Crippen LogP contribution is 2.29. The Balaban J connectivity index is 1.81. The fraction of sp³-hybridized carbons (Fsp3) is 0.278. The van der Waals surface area contributed by atoms with Crippen LogP contribution in [0.1, 0.15) is 23.5 Å². The van der Waals surface area contributed by atoms with Gasteiger partial charge in [0.1, 0.15) is 0 Å². The van der Waals surface area contributed by atoms with Gasteiger partial charge in [0.15, 0.2) is 0 Å². The lowest BCUT2D eigenvalue weighted by atomic mass is 9.88. The molecule has 2 aromatic carbocycles. The standard InChI is InChI=1S/C18H19NO2/c20-16-12-19(13-16)18(21)11-17(14-7-3-1-4-8-14)15-9-5-2-6-10-15/h1-10,16-17,20H,11-13H2. The number of benzene rings is 2. The Kier molecular flexibility index (Phi) is 4.02. The van der Waals surface area contributed by atoms with Gasteiger partial charge in [-0.15, -0.1) is 0 Å². The molecule has 1 saturated heterocycles. The zero-order valence-electron chi connectivity index (χ0n) is 11.9. The Bertz CT molecular complexity index is 552. The number of carbonyl (C=O) groups excluding carboxylic acids is 1. The molecule has 1 amide bonds. The molecule has 2 aromatic rings. The fourth-order valence-corrected chi connectivity index (χ4v) is 2.76. The number of amides is 1. The molecule has 3 heteroatoms. The van der Waals surface area contributed by atoms with Gasteiger partial charge in [0, 0.05) is 25.4 Å². The summed E-state index contributed by atoms with van der Waals surface area (Å²) in [6.07, 6.45) is 0.0988. The van der Waals surface area contributed by atoms with Gasteiger partial charge in [0.25, 0.3) is 0 Å². The lowest BCUT2D eigenvalue weighted by Crippen LogP contribution is -2.53. The first-order chi connectivity index (χ1) is 10.2. The van der Waals surface area contributed by atoms with Crippen LogP contribution in [0.4, 0.5) is 0 Å². The van der Waals surface area contributed by atoms with Crippen molar-refractivity contribution in [1.82, 2.24) is 4.90 Å². The van der Waals surface area contributed by atoms with Crippen molar-refractivity contribution in [3.8, 4) is 0 Å². The van der Waals surface area contributed by atoms with E-state index in [0.29, 0.717) is 19.5 Å². The minimum Gasteiger partial charge on any atom is -0.389 e. The first kappa shape index (κ1) is 13.8. The van der Waals surface area contributed by atoms with Crippen molar-refractivity contribution in [2.75, 3.05) is 13.1 Å². The number of β-amino-alcohol motifs (C(OH)–C–C–N with tert-alkyl or cyclic N) is 1. The molecule has 108 valence electrons. The summed E-state index contributed by atoms with van der Waals surface area (Å²) in [6, 6.07) is 20.2. The monoisotopic (exact) mass is 281 g/mol. The molecule has 0 aliphatic carbocycles. The zero-order valence-corrected chi connectivity index (χ0v) is 11.9. The van der Waals surface area contributed by atoms with E-state index in [4.69, 9.17) is 0 Å². The Labute approximate surface area is 124 Å². The third-order valence-electron chi connectivity index (χ3n) is 4.00. The lowest BCUT2D eigenvalue weighted by molar-refractivity contribution is -0.141. The summed E-state index contributed by atoms with van der Waals surface area (Å²) in [6.45, 7) is 0.935. The Morgan fingerprint density at radius 2 is 1.48 bits per heavy atom. The van der Waals surface area contributed by atoms with E-state index in [-0.39, 0.29) is 17.9 Å². The maximum Gasteiger partial charge on any atom is 0.223 e. The van der Waals surface area contributed by atoms with Crippen LogP contribution in [0.3, 0.4) is 0 Å². The fourth-order valence-electron chi connectivity index (χ4n) is 2.76. The molecule has 1 fully saturated rings. The van der Waals surface area contributed by atoms with Crippen molar-refractivity contribution in [3.63, 3.8) is 0 Å². The van der Waals surface area contributed by atoms with E-state index in [1.165, 1.54) is 0 Å². The molecule has 21 heavy (non-hydrogen) atoms. The largest absolute Gasteiger partial charge is 0.389 e. The average molecular weight is 281 g/mol. The van der Waals surface area contributed by atoms with E-state index in [1.807, 2.05) is 36.4 Å². The highest BCUT2D eigenvalue weighted by Gasteiger charge is 2.30. The molecule has 0 bridgehead atoms. The van der Waals surface area contributed by atoms with Gasteiger partial charge >= 0.3 is 0 Å². The highest BCUT2D eigenvalue weighted by molar-refractivity contribution is 5.78. The van der Waals surface area contributed by atoms with Crippen LogP contribution in [0.2, 0.25) is 0 Å². The number of rotatable bonds is 4. The zero-order chi connectivity index (χ0) is 14.7. The molecule has 1 N–H and O–H groups in total. The second kappa shape index (κ2) is 6.10. The van der Waals surface area contributed by atoms with Gasteiger partial charge in [-0.25, -0.2) is 0 Å². The van der Waals surface area contributed by atoms with Crippen molar-refractivity contribution in [2.45, 2.75) is 18.4 Å². The number of hydrogen-bond acceptors (Lipinski definition) is 2. The molecule has 0 unspecified atom stereocenters. The van der Waals surface area contributed by atoms with Crippen molar-refractivity contribution in [1.29, 1.82) is 0 Å². The van der Waals surface area contributed by atoms with Crippen LogP contribution in [0.25, 0.3) is 0 Å². The molecule has 0 spiro atoms. The molecule has 0 aromatic heterocycles. The number of aliphatic hydroxyl groups excluding tert-OH is 1. The van der Waals surface area contributed by atoms with Gasteiger partial charge in [-0.3, -0.25) is 4.79 Å². The molecular weight excluding hydrogens is 262 g/mol. The lowest BCUT2D eigenvalue weighted by Gasteiger charge is -2.36. The van der Waals surface area contributed by atoms with Crippen LogP contribution in [0.5, 0.6) is 0 Å². The maximum absolute atomic E-state index is 12.3. The predicted octanol–water partition coefficient (Wildman–Crippen LogP) is 2.41. The molecule has 3 nitrogen and oxygen atoms in total. The first-order valence-electron chi connectivity index (χ1n) is 7.30. The Morgan fingerprint density at radius 1 is 1.00 bits per heavy atom. The van der Waals surface area contributed by atoms with Gasteiger partial charge in [-0.05, 0) is 11.1 Å². The van der Waals surface area contributed by atoms with E-state index in [2.05, 4.69) is 24.3 Å². The molecule has 0 radical (unpaired) electrons. The molecule has 1 aliphatic rings. The van der Waals surface area contributed by atoms with E-state index in [0.717, 1.165) is 11.1 Å². The third kappa shape index (κ3) is 3.14. The third-order valence-corrected chi connectivity index (χ3v) is 4.00. The second-order valence-corrected chi connectivity index (χ2v) is 5.53. The van der Waals surface area contributed by atoms with Crippen LogP contribution >= 0.6 is 0 Å². The van der Waals surface area contributed by atoms with Crippen LogP contribution < -0.4 is 0 Å². The van der Waals surface area contributed by atoms with Crippen LogP contribution in [0.15, 0.2) is 60.7 Å². The summed E-state index contributed by atoms with van der Waals surface area (Å²) in [5.41, 5.74) is 2.30. The van der Waals surface area contributed by atoms with E-state index in [1.54, 1.807) is 4.90 Å². The summed E-state index contributed by atoms with van der Waals surface area (Å²) in [5, 5.41) is 9.34. The van der Waals surface area contributed by atoms with Crippen LogP contribution in [0, 0.1) is 0 Å². The average Bonchev–Trinajstić information content (AvgIpc) is 2.51. The topological polar surface area (TPSA) is 40.5 Å². The van der Waals surface area contributed by atoms with Gasteiger partial charge in [0.2, 0.25) is 5.91 Å². The highest BCUT2D eigenvalue weighted by atomic mass is 16.3. The van der Waals surface area contributed by atoms with Crippen molar-refractivity contribution < 1.29 is 9.90 Å². The first-order valence-corrected chi connectivity index (χ1v) is 7.30. The molecule has 0 saturated carbocycles. The van der Waals surface area contributed by atoms with E-state index < -0.39 is 0 Å². The Hall–Kier alpha value is -2.13. The summed E-state index contributed by atoms with van der Waals surface area (Å²) in [4.78, 5) is 14.1. The van der Waals surface area contributed by atoms with Crippen molar-refractivity contribution in [2.24, 2.45) is 0 Å². The number of nitrogens with zero attached hydrogens (tertiary/aromatic N) is 1. The molecule has 1 aliphatic heterocycles. The van der Waals surface area contributed by atoms with Crippen molar-refractivity contribution >= 4 is 5.91 Å². The normalized spacial score (nSPS) is 15.0. The molecule has 3 rings (SSSR count). The molecular formula is C18H19NO2. The number of carbonyl (C=O) groups is 1. The van der Waals surface area contributed by atoms with Gasteiger partial charge in [0.05, 0.1) is 6.10 Å². The minimum absolute atomic E-state index is 0.0673. The SMILES string of the molecule is O=C(CC(c1ccccc1)c1ccccc1)N1CC(O)C1. The number of likely N-dealkylation sites (tertiary alicyclic amines) is 1. The van der Waals surface area contributed by atoms with E-state index >= 15 is 0 Å². The minimum atomic E-state index is -0.346. The number of hydrogen-bond donors (Lipinski definition) is 1.